The smallest absolute Gasteiger partial charge is 0.407 e. The van der Waals surface area contributed by atoms with Crippen molar-refractivity contribution < 1.29 is 19.7 Å². The number of hydrogen-bond donors (Lipinski definition) is 4. The lowest BCUT2D eigenvalue weighted by Crippen LogP contribution is -2.31. The predicted octanol–water partition coefficient (Wildman–Crippen LogP) is 3.30. The van der Waals surface area contributed by atoms with Crippen molar-refractivity contribution in [2.45, 2.75) is 31.5 Å². The molecule has 0 saturated heterocycles. The minimum absolute atomic E-state index is 0.0138. The standard InChI is InChI=1S/C25H27N3O4/c1-15-12-16(26)13-28-23(15)24(30)22(29)10-11-27-25(31)32-14-21-19-8-4-2-6-17(19)18-7-3-5-9-20(18)21/h2-9,12-13,21-22,24,29-30H,10-11,14,26H2,1H3,(H,27,31). The number of amides is 1. The number of aliphatic hydroxyl groups is 2. The number of nitrogen functional groups attached to an aromatic ring is 1. The summed E-state index contributed by atoms with van der Waals surface area (Å²) in [5.41, 5.74) is 11.9. The number of ether oxygens (including phenoxy) is 1. The maximum absolute atomic E-state index is 12.2. The van der Waals surface area contributed by atoms with Gasteiger partial charge in [-0.3, -0.25) is 4.98 Å². The van der Waals surface area contributed by atoms with Crippen LogP contribution >= 0.6 is 0 Å². The van der Waals surface area contributed by atoms with Crippen molar-refractivity contribution >= 4 is 11.8 Å². The van der Waals surface area contributed by atoms with Crippen LogP contribution in [-0.2, 0) is 4.74 Å². The van der Waals surface area contributed by atoms with Crippen molar-refractivity contribution in [1.82, 2.24) is 10.3 Å². The summed E-state index contributed by atoms with van der Waals surface area (Å²) in [5.74, 6) is -0.0138. The number of pyridine rings is 1. The van der Waals surface area contributed by atoms with Crippen LogP contribution in [0, 0.1) is 6.92 Å². The normalized spacial score (nSPS) is 14.3. The number of aryl methyl sites for hydroxylation is 1. The zero-order valence-corrected chi connectivity index (χ0v) is 17.9. The molecular formula is C25H27N3O4. The summed E-state index contributed by atoms with van der Waals surface area (Å²) in [6.45, 7) is 2.14. The summed E-state index contributed by atoms with van der Waals surface area (Å²) in [6, 6.07) is 18.0. The van der Waals surface area contributed by atoms with E-state index in [-0.39, 0.29) is 25.5 Å². The lowest BCUT2D eigenvalue weighted by Gasteiger charge is -2.19. The van der Waals surface area contributed by atoms with Crippen LogP contribution in [0.2, 0.25) is 0 Å². The number of fused-ring (bicyclic) bond motifs is 3. The largest absolute Gasteiger partial charge is 0.449 e. The molecule has 0 aliphatic heterocycles. The second-order valence-corrected chi connectivity index (χ2v) is 8.02. The molecule has 1 heterocycles. The van der Waals surface area contributed by atoms with Gasteiger partial charge in [-0.05, 0) is 47.2 Å². The first-order valence-corrected chi connectivity index (χ1v) is 10.6. The molecule has 32 heavy (non-hydrogen) atoms. The fraction of sp³-hybridized carbons (Fsp3) is 0.280. The zero-order valence-electron chi connectivity index (χ0n) is 17.9. The maximum atomic E-state index is 12.2. The minimum Gasteiger partial charge on any atom is -0.449 e. The average Bonchev–Trinajstić information content (AvgIpc) is 3.11. The van der Waals surface area contributed by atoms with Gasteiger partial charge in [-0.25, -0.2) is 4.79 Å². The SMILES string of the molecule is Cc1cc(N)cnc1C(O)C(O)CCNC(=O)OCC1c2ccccc2-c2ccccc21. The van der Waals surface area contributed by atoms with Gasteiger partial charge in [0, 0.05) is 12.5 Å². The molecule has 4 rings (SSSR count). The molecule has 0 spiro atoms. The highest BCUT2D eigenvalue weighted by atomic mass is 16.5. The Morgan fingerprint density at radius 3 is 2.38 bits per heavy atom. The number of hydrogen-bond acceptors (Lipinski definition) is 6. The summed E-state index contributed by atoms with van der Waals surface area (Å²) < 4.78 is 5.48. The molecule has 166 valence electrons. The van der Waals surface area contributed by atoms with E-state index in [2.05, 4.69) is 34.6 Å². The topological polar surface area (TPSA) is 118 Å². The van der Waals surface area contributed by atoms with Crippen LogP contribution in [0.5, 0.6) is 0 Å². The number of benzene rings is 2. The molecule has 1 amide bonds. The van der Waals surface area contributed by atoms with Crippen molar-refractivity contribution in [3.63, 3.8) is 0 Å². The lowest BCUT2D eigenvalue weighted by atomic mass is 9.98. The number of nitrogens with one attached hydrogen (secondary N) is 1. The first kappa shape index (κ1) is 21.8. The second kappa shape index (κ2) is 9.38. The van der Waals surface area contributed by atoms with Crippen LogP contribution in [-0.4, -0.2) is 40.5 Å². The Morgan fingerprint density at radius 1 is 1.12 bits per heavy atom. The third kappa shape index (κ3) is 4.44. The van der Waals surface area contributed by atoms with Crippen molar-refractivity contribution in [2.24, 2.45) is 0 Å². The van der Waals surface area contributed by atoms with Gasteiger partial charge in [0.2, 0.25) is 0 Å². The van der Waals surface area contributed by atoms with E-state index in [4.69, 9.17) is 10.5 Å². The van der Waals surface area contributed by atoms with Gasteiger partial charge < -0.3 is 26.0 Å². The van der Waals surface area contributed by atoms with E-state index in [0.717, 1.165) is 11.1 Å². The van der Waals surface area contributed by atoms with E-state index in [1.165, 1.54) is 17.3 Å². The number of aromatic nitrogens is 1. The van der Waals surface area contributed by atoms with E-state index in [9.17, 15) is 15.0 Å². The van der Waals surface area contributed by atoms with E-state index >= 15 is 0 Å². The Bertz CT molecular complexity index is 1070. The molecule has 2 aromatic carbocycles. The van der Waals surface area contributed by atoms with Crippen LogP contribution in [0.25, 0.3) is 11.1 Å². The van der Waals surface area contributed by atoms with E-state index in [1.807, 2.05) is 24.3 Å². The summed E-state index contributed by atoms with van der Waals surface area (Å²) in [5, 5.41) is 23.3. The molecule has 1 aliphatic rings. The number of carbonyl (C=O) groups is 1. The average molecular weight is 434 g/mol. The van der Waals surface area contributed by atoms with Gasteiger partial charge in [-0.2, -0.15) is 0 Å². The number of nitrogens with zero attached hydrogens (tertiary/aromatic N) is 1. The highest BCUT2D eigenvalue weighted by Crippen LogP contribution is 2.44. The number of aliphatic hydroxyl groups excluding tert-OH is 2. The second-order valence-electron chi connectivity index (χ2n) is 8.02. The molecule has 0 fully saturated rings. The molecule has 3 aromatic rings. The Kier molecular flexibility index (Phi) is 6.39. The number of anilines is 1. The highest BCUT2D eigenvalue weighted by molar-refractivity contribution is 5.79. The molecule has 5 N–H and O–H groups in total. The summed E-state index contributed by atoms with van der Waals surface area (Å²) in [6.07, 6.45) is -1.22. The molecule has 1 aliphatic carbocycles. The monoisotopic (exact) mass is 433 g/mol. The van der Waals surface area contributed by atoms with Gasteiger partial charge in [-0.15, -0.1) is 0 Å². The number of carbonyl (C=O) groups excluding carboxylic acids is 1. The molecule has 2 atom stereocenters. The summed E-state index contributed by atoms with van der Waals surface area (Å²) in [7, 11) is 0. The molecule has 7 heteroatoms. The first-order valence-electron chi connectivity index (χ1n) is 10.6. The molecule has 7 nitrogen and oxygen atoms in total. The highest BCUT2D eigenvalue weighted by Gasteiger charge is 2.29. The zero-order chi connectivity index (χ0) is 22.7. The van der Waals surface area contributed by atoms with Gasteiger partial charge in [0.15, 0.2) is 0 Å². The van der Waals surface area contributed by atoms with Crippen LogP contribution < -0.4 is 11.1 Å². The van der Waals surface area contributed by atoms with E-state index in [1.54, 1.807) is 13.0 Å². The Labute approximate surface area is 186 Å². The van der Waals surface area contributed by atoms with Gasteiger partial charge in [0.25, 0.3) is 0 Å². The van der Waals surface area contributed by atoms with Crippen molar-refractivity contribution in [1.29, 1.82) is 0 Å². The molecule has 2 unspecified atom stereocenters. The fourth-order valence-electron chi connectivity index (χ4n) is 4.23. The lowest BCUT2D eigenvalue weighted by molar-refractivity contribution is 0.0108. The number of alkyl carbamates (subject to hydrolysis) is 1. The van der Waals surface area contributed by atoms with E-state index in [0.29, 0.717) is 16.9 Å². The van der Waals surface area contributed by atoms with Crippen molar-refractivity contribution in [2.75, 3.05) is 18.9 Å². The minimum atomic E-state index is -1.17. The van der Waals surface area contributed by atoms with Crippen LogP contribution in [0.15, 0.2) is 60.8 Å². The van der Waals surface area contributed by atoms with Gasteiger partial charge in [0.05, 0.1) is 23.7 Å². The van der Waals surface area contributed by atoms with Crippen molar-refractivity contribution in [3.8, 4) is 11.1 Å². The Hall–Kier alpha value is -3.42. The molecule has 0 radical (unpaired) electrons. The summed E-state index contributed by atoms with van der Waals surface area (Å²) in [4.78, 5) is 16.3. The van der Waals surface area contributed by atoms with Crippen LogP contribution in [0.1, 0.15) is 40.8 Å². The number of rotatable bonds is 7. The first-order chi connectivity index (χ1) is 15.5. The molecule has 0 bridgehead atoms. The van der Waals surface area contributed by atoms with Crippen LogP contribution in [0.4, 0.5) is 10.5 Å². The van der Waals surface area contributed by atoms with Gasteiger partial charge in [-0.1, -0.05) is 48.5 Å². The van der Waals surface area contributed by atoms with Crippen molar-refractivity contribution in [3.05, 3.63) is 83.2 Å². The molecule has 1 aromatic heterocycles. The van der Waals surface area contributed by atoms with E-state index < -0.39 is 18.3 Å². The molecular weight excluding hydrogens is 406 g/mol. The number of nitrogens with two attached hydrogens (primary N) is 1. The summed E-state index contributed by atoms with van der Waals surface area (Å²) >= 11 is 0. The molecule has 0 saturated carbocycles. The maximum Gasteiger partial charge on any atom is 0.407 e. The fourth-order valence-corrected chi connectivity index (χ4v) is 4.23. The Morgan fingerprint density at radius 2 is 1.75 bits per heavy atom. The third-order valence-electron chi connectivity index (χ3n) is 5.84. The quantitative estimate of drug-likeness (QED) is 0.454. The van der Waals surface area contributed by atoms with Gasteiger partial charge in [0.1, 0.15) is 12.7 Å². The van der Waals surface area contributed by atoms with Gasteiger partial charge >= 0.3 is 6.09 Å². The Balaban J connectivity index is 1.29. The third-order valence-corrected chi connectivity index (χ3v) is 5.84. The predicted molar refractivity (Wildman–Crippen MR) is 122 cm³/mol. The van der Waals surface area contributed by atoms with Crippen LogP contribution in [0.3, 0.4) is 0 Å².